The minimum Gasteiger partial charge on any atom is -0.467 e. The van der Waals surface area contributed by atoms with E-state index >= 15 is 0 Å². The third-order valence-electron chi connectivity index (χ3n) is 3.80. The summed E-state index contributed by atoms with van der Waals surface area (Å²) < 4.78 is 10.5. The van der Waals surface area contributed by atoms with Gasteiger partial charge in [-0.25, -0.2) is 4.98 Å². The van der Waals surface area contributed by atoms with Crippen LogP contribution in [0.25, 0.3) is 0 Å². The van der Waals surface area contributed by atoms with Gasteiger partial charge in [-0.15, -0.1) is 0 Å². The maximum Gasteiger partial charge on any atom is 0.318 e. The fraction of sp³-hybridized carbons (Fsp3) is 0.600. The molecule has 22 heavy (non-hydrogen) atoms. The lowest BCUT2D eigenvalue weighted by Gasteiger charge is -2.23. The molecule has 0 amide bonds. The number of aryl methyl sites for hydroxylation is 1. The first kappa shape index (κ1) is 14.7. The van der Waals surface area contributed by atoms with Crippen LogP contribution in [-0.4, -0.2) is 33.8 Å². The van der Waals surface area contributed by atoms with E-state index in [1.807, 2.05) is 26.8 Å². The van der Waals surface area contributed by atoms with Crippen molar-refractivity contribution in [2.45, 2.75) is 45.6 Å². The lowest BCUT2D eigenvalue weighted by atomic mass is 10.2. The van der Waals surface area contributed by atoms with E-state index in [9.17, 15) is 0 Å². The summed E-state index contributed by atoms with van der Waals surface area (Å²) in [5.41, 5.74) is 0.878. The largest absolute Gasteiger partial charge is 0.467 e. The molecule has 0 bridgehead atoms. The number of hydrogen-bond acceptors (Lipinski definition) is 7. The Hall–Kier alpha value is -2.18. The van der Waals surface area contributed by atoms with Crippen LogP contribution in [-0.2, 0) is 0 Å². The molecule has 118 valence electrons. The van der Waals surface area contributed by atoms with Crippen LogP contribution < -0.4 is 9.64 Å². The van der Waals surface area contributed by atoms with Gasteiger partial charge in [-0.2, -0.15) is 9.97 Å². The number of nitrogens with zero attached hydrogens (tertiary/aromatic N) is 5. The van der Waals surface area contributed by atoms with E-state index in [0.717, 1.165) is 36.7 Å². The molecule has 1 saturated heterocycles. The Morgan fingerprint density at radius 2 is 2.14 bits per heavy atom. The molecule has 1 atom stereocenters. The van der Waals surface area contributed by atoms with Crippen molar-refractivity contribution in [2.75, 3.05) is 18.6 Å². The molecule has 0 aliphatic carbocycles. The van der Waals surface area contributed by atoms with Gasteiger partial charge in [-0.3, -0.25) is 0 Å². The lowest BCUT2D eigenvalue weighted by molar-refractivity contribution is 0.357. The van der Waals surface area contributed by atoms with Crippen molar-refractivity contribution >= 4 is 5.82 Å². The zero-order chi connectivity index (χ0) is 15.7. The van der Waals surface area contributed by atoms with Gasteiger partial charge in [0.15, 0.2) is 5.82 Å². The first-order chi connectivity index (χ1) is 10.6. The average molecular weight is 303 g/mol. The number of anilines is 1. The summed E-state index contributed by atoms with van der Waals surface area (Å²) in [6, 6.07) is 2.44. The van der Waals surface area contributed by atoms with Crippen molar-refractivity contribution in [2.24, 2.45) is 0 Å². The maximum atomic E-state index is 5.35. The summed E-state index contributed by atoms with van der Waals surface area (Å²) in [6.07, 6.45) is 2.06. The van der Waals surface area contributed by atoms with E-state index in [-0.39, 0.29) is 12.0 Å². The van der Waals surface area contributed by atoms with E-state index in [2.05, 4.69) is 25.0 Å². The Kier molecular flexibility index (Phi) is 3.96. The summed E-state index contributed by atoms with van der Waals surface area (Å²) in [5.74, 6) is 2.50. The Morgan fingerprint density at radius 1 is 1.32 bits per heavy atom. The van der Waals surface area contributed by atoms with E-state index < -0.39 is 0 Å². The highest BCUT2D eigenvalue weighted by Crippen LogP contribution is 2.34. The van der Waals surface area contributed by atoms with Gasteiger partial charge in [-0.1, -0.05) is 19.0 Å². The molecule has 1 aliphatic heterocycles. The van der Waals surface area contributed by atoms with Gasteiger partial charge >= 0.3 is 6.01 Å². The number of methoxy groups -OCH3 is 1. The number of hydrogen-bond donors (Lipinski definition) is 0. The predicted octanol–water partition coefficient (Wildman–Crippen LogP) is 2.64. The molecule has 3 rings (SSSR count). The first-order valence-corrected chi connectivity index (χ1v) is 7.58. The molecular formula is C15H21N5O2. The van der Waals surface area contributed by atoms with Crippen molar-refractivity contribution in [1.29, 1.82) is 0 Å². The molecule has 1 fully saturated rings. The van der Waals surface area contributed by atoms with Crippen molar-refractivity contribution in [3.05, 3.63) is 23.5 Å². The smallest absolute Gasteiger partial charge is 0.318 e. The minimum absolute atomic E-state index is 0.0928. The van der Waals surface area contributed by atoms with Gasteiger partial charge < -0.3 is 14.2 Å². The molecule has 0 N–H and O–H groups in total. The molecule has 7 nitrogen and oxygen atoms in total. The van der Waals surface area contributed by atoms with Crippen LogP contribution in [0.1, 0.15) is 56.1 Å². The second-order valence-corrected chi connectivity index (χ2v) is 5.85. The lowest BCUT2D eigenvalue weighted by Crippen LogP contribution is -2.24. The Balaban J connectivity index is 1.91. The number of rotatable bonds is 4. The molecular weight excluding hydrogens is 282 g/mol. The standard InChI is InChI=1S/C15H21N5O2/c1-9(2)14-18-13(19-22-14)11-6-5-7-20(11)12-8-10(3)16-15(17-12)21-4/h8-9,11H,5-7H2,1-4H3/t11-/m1/s1. The molecule has 1 aliphatic rings. The van der Waals surface area contributed by atoms with Gasteiger partial charge in [0.05, 0.1) is 13.2 Å². The minimum atomic E-state index is 0.0928. The van der Waals surface area contributed by atoms with E-state index in [1.54, 1.807) is 7.11 Å². The quantitative estimate of drug-likeness (QED) is 0.859. The monoisotopic (exact) mass is 303 g/mol. The van der Waals surface area contributed by atoms with Crippen molar-refractivity contribution in [1.82, 2.24) is 20.1 Å². The highest BCUT2D eigenvalue weighted by atomic mass is 16.5. The van der Waals surface area contributed by atoms with Crippen molar-refractivity contribution in [3.8, 4) is 6.01 Å². The number of ether oxygens (including phenoxy) is 1. The SMILES string of the molecule is COc1nc(C)cc(N2CCC[C@@H]2c2noc(C(C)C)n2)n1. The zero-order valence-corrected chi connectivity index (χ0v) is 13.4. The molecule has 2 aromatic heterocycles. The van der Waals surface area contributed by atoms with Crippen LogP contribution in [0.15, 0.2) is 10.6 Å². The number of aromatic nitrogens is 4. The third kappa shape index (κ3) is 2.75. The summed E-state index contributed by atoms with van der Waals surface area (Å²) in [6.45, 7) is 6.94. The van der Waals surface area contributed by atoms with E-state index in [0.29, 0.717) is 11.9 Å². The van der Waals surface area contributed by atoms with Crippen molar-refractivity contribution < 1.29 is 9.26 Å². The molecule has 0 spiro atoms. The molecule has 0 saturated carbocycles. The van der Waals surface area contributed by atoms with Gasteiger partial charge in [0.1, 0.15) is 5.82 Å². The Bertz CT molecular complexity index is 655. The van der Waals surface area contributed by atoms with Crippen LogP contribution in [0, 0.1) is 6.92 Å². The molecule has 7 heteroatoms. The second kappa shape index (κ2) is 5.90. The van der Waals surface area contributed by atoms with E-state index in [1.165, 1.54) is 0 Å². The van der Waals surface area contributed by atoms with Gasteiger partial charge in [0.2, 0.25) is 5.89 Å². The fourth-order valence-electron chi connectivity index (χ4n) is 2.69. The fourth-order valence-corrected chi connectivity index (χ4v) is 2.69. The van der Waals surface area contributed by atoms with Crippen LogP contribution in [0.4, 0.5) is 5.82 Å². The van der Waals surface area contributed by atoms with Gasteiger partial charge in [-0.05, 0) is 19.8 Å². The Morgan fingerprint density at radius 3 is 2.82 bits per heavy atom. The average Bonchev–Trinajstić information content (AvgIpc) is 3.15. The highest BCUT2D eigenvalue weighted by Gasteiger charge is 2.31. The van der Waals surface area contributed by atoms with Crippen LogP contribution in [0.5, 0.6) is 6.01 Å². The predicted molar refractivity (Wildman–Crippen MR) is 81.0 cm³/mol. The van der Waals surface area contributed by atoms with Crippen LogP contribution >= 0.6 is 0 Å². The van der Waals surface area contributed by atoms with Crippen molar-refractivity contribution in [3.63, 3.8) is 0 Å². The van der Waals surface area contributed by atoms with Gasteiger partial charge in [0, 0.05) is 24.2 Å². The molecule has 3 heterocycles. The topological polar surface area (TPSA) is 77.2 Å². The molecule has 0 unspecified atom stereocenters. The summed E-state index contributed by atoms with van der Waals surface area (Å²) in [7, 11) is 1.58. The molecule has 2 aromatic rings. The van der Waals surface area contributed by atoms with Crippen LogP contribution in [0.3, 0.4) is 0 Å². The highest BCUT2D eigenvalue weighted by molar-refractivity contribution is 5.44. The Labute approximate surface area is 129 Å². The van der Waals surface area contributed by atoms with E-state index in [4.69, 9.17) is 9.26 Å². The zero-order valence-electron chi connectivity index (χ0n) is 13.4. The maximum absolute atomic E-state index is 5.35. The van der Waals surface area contributed by atoms with Crippen LogP contribution in [0.2, 0.25) is 0 Å². The normalized spacial score (nSPS) is 18.2. The first-order valence-electron chi connectivity index (χ1n) is 7.58. The summed E-state index contributed by atoms with van der Waals surface area (Å²) in [5, 5.41) is 4.16. The second-order valence-electron chi connectivity index (χ2n) is 5.85. The summed E-state index contributed by atoms with van der Waals surface area (Å²) in [4.78, 5) is 15.4. The molecule has 0 aromatic carbocycles. The van der Waals surface area contributed by atoms with Gasteiger partial charge in [0.25, 0.3) is 0 Å². The molecule has 0 radical (unpaired) electrons. The summed E-state index contributed by atoms with van der Waals surface area (Å²) >= 11 is 0. The third-order valence-corrected chi connectivity index (χ3v) is 3.80.